The fraction of sp³-hybridized carbons (Fsp3) is 0.405. The van der Waals surface area contributed by atoms with Crippen LogP contribution >= 0.6 is 0 Å². The number of hydrogen-bond donors (Lipinski definition) is 0. The average molecular weight is 795 g/mol. The van der Waals surface area contributed by atoms with E-state index >= 15 is 0 Å². The van der Waals surface area contributed by atoms with Crippen molar-refractivity contribution in [3.63, 3.8) is 0 Å². The molecule has 0 N–H and O–H groups in total. The van der Waals surface area contributed by atoms with E-state index in [0.29, 0.717) is 37.4 Å². The quantitative estimate of drug-likeness (QED) is 0.0708. The third-order valence-corrected chi connectivity index (χ3v) is 15.2. The van der Waals surface area contributed by atoms with Gasteiger partial charge in [0.2, 0.25) is 0 Å². The van der Waals surface area contributed by atoms with Crippen molar-refractivity contribution in [3.8, 4) is 17.3 Å². The smallest absolute Gasteiger partial charge is 0.268 e. The Balaban J connectivity index is 1.56. The largest absolute Gasteiger partial charge is 0.361 e. The highest BCUT2D eigenvalue weighted by molar-refractivity contribution is 7.90. The summed E-state index contributed by atoms with van der Waals surface area (Å²) in [7, 11) is -6.63. The van der Waals surface area contributed by atoms with E-state index in [4.69, 9.17) is 14.5 Å². The normalized spacial score (nSPS) is 12.6. The van der Waals surface area contributed by atoms with E-state index in [2.05, 4.69) is 68.0 Å². The predicted molar refractivity (Wildman–Crippen MR) is 227 cm³/mol. The zero-order valence-electron chi connectivity index (χ0n) is 33.7. The van der Waals surface area contributed by atoms with Crippen molar-refractivity contribution < 1.29 is 17.9 Å². The van der Waals surface area contributed by atoms with Gasteiger partial charge in [0.25, 0.3) is 10.0 Å². The Morgan fingerprint density at radius 3 is 2.18 bits per heavy atom. The molecule has 290 valence electrons. The lowest BCUT2D eigenvalue weighted by Crippen LogP contribution is -2.22. The Bertz CT molecular complexity index is 2480. The molecule has 0 aliphatic heterocycles. The molecule has 6 rings (SSSR count). The maximum absolute atomic E-state index is 14.6. The van der Waals surface area contributed by atoms with Gasteiger partial charge < -0.3 is 14.0 Å². The van der Waals surface area contributed by atoms with Gasteiger partial charge in [0.15, 0.2) is 0 Å². The Labute approximate surface area is 327 Å². The molecule has 0 aliphatic carbocycles. The number of benzene rings is 3. The number of aryl methyl sites for hydroxylation is 3. The second-order valence-electron chi connectivity index (χ2n) is 16.9. The number of hydrogen-bond acceptors (Lipinski definition) is 7. The van der Waals surface area contributed by atoms with Crippen molar-refractivity contribution in [2.24, 2.45) is 0 Å². The standard InChI is InChI=1S/C42H54N6O4SSi2/c1-10-33-23-31(3)42-41(35(33)25-40-45-37-24-32(26-43)13-16-39(37)46(40)28-51-19-21-54(4,5)6)36(27-48(42)53(49,50)34-14-11-30(2)12-15-34)38-17-18-44-47(38)29-52-20-22-55(7,8)9/h11-18,23-24,27H,10,19-22,25,28-29H2,1-9H3. The van der Waals surface area contributed by atoms with Gasteiger partial charge in [0.1, 0.15) is 19.3 Å². The molecule has 0 fully saturated rings. The first-order valence-electron chi connectivity index (χ1n) is 19.1. The van der Waals surface area contributed by atoms with Gasteiger partial charge in [0.05, 0.1) is 38.8 Å². The second-order valence-corrected chi connectivity index (χ2v) is 30.0. The van der Waals surface area contributed by atoms with Crippen molar-refractivity contribution in [1.82, 2.24) is 23.3 Å². The summed E-state index contributed by atoms with van der Waals surface area (Å²) in [6.45, 7) is 21.9. The second kappa shape index (κ2) is 16.0. The van der Waals surface area contributed by atoms with Crippen molar-refractivity contribution in [3.05, 3.63) is 101 Å². The van der Waals surface area contributed by atoms with Gasteiger partial charge in [0, 0.05) is 59.1 Å². The summed E-state index contributed by atoms with van der Waals surface area (Å²) in [5, 5.41) is 15.2. The van der Waals surface area contributed by atoms with Gasteiger partial charge in [-0.25, -0.2) is 22.1 Å². The molecule has 0 saturated carbocycles. The molecule has 0 saturated heterocycles. The molecular weight excluding hydrogens is 741 g/mol. The van der Waals surface area contributed by atoms with Crippen LogP contribution < -0.4 is 0 Å². The number of fused-ring (bicyclic) bond motifs is 2. The minimum atomic E-state index is -4.01. The van der Waals surface area contributed by atoms with Gasteiger partial charge in [-0.05, 0) is 85.4 Å². The van der Waals surface area contributed by atoms with Crippen LogP contribution in [0.1, 0.15) is 40.6 Å². The van der Waals surface area contributed by atoms with Crippen LogP contribution in [0.5, 0.6) is 0 Å². The molecule has 0 unspecified atom stereocenters. The summed E-state index contributed by atoms with van der Waals surface area (Å²) in [4.78, 5) is 5.34. The molecular formula is C42H54N6O4SSi2. The fourth-order valence-corrected chi connectivity index (χ4v) is 9.82. The summed E-state index contributed by atoms with van der Waals surface area (Å²) in [5.74, 6) is 0.779. The van der Waals surface area contributed by atoms with Crippen LogP contribution in [0.2, 0.25) is 51.4 Å². The van der Waals surface area contributed by atoms with Crippen molar-refractivity contribution in [1.29, 1.82) is 5.26 Å². The third-order valence-electron chi connectivity index (χ3n) is 10.1. The molecule has 0 bridgehead atoms. The van der Waals surface area contributed by atoms with Crippen LogP contribution in [0.3, 0.4) is 0 Å². The molecule has 0 amide bonds. The Morgan fingerprint density at radius 2 is 1.55 bits per heavy atom. The van der Waals surface area contributed by atoms with Crippen LogP contribution in [-0.4, -0.2) is 61.1 Å². The highest BCUT2D eigenvalue weighted by atomic mass is 32.2. The summed E-state index contributed by atoms with van der Waals surface area (Å²) >= 11 is 0. The molecule has 0 spiro atoms. The first kappa shape index (κ1) is 40.3. The summed E-state index contributed by atoms with van der Waals surface area (Å²) in [6.07, 6.45) is 4.64. The number of imidazole rings is 1. The number of ether oxygens (including phenoxy) is 2. The minimum Gasteiger partial charge on any atom is -0.361 e. The van der Waals surface area contributed by atoms with Gasteiger partial charge in [-0.15, -0.1) is 0 Å². The minimum absolute atomic E-state index is 0.218. The lowest BCUT2D eigenvalue weighted by Gasteiger charge is -2.18. The van der Waals surface area contributed by atoms with E-state index < -0.39 is 26.2 Å². The van der Waals surface area contributed by atoms with E-state index in [1.807, 2.05) is 54.9 Å². The lowest BCUT2D eigenvalue weighted by atomic mass is 9.92. The summed E-state index contributed by atoms with van der Waals surface area (Å²) < 4.78 is 47.1. The summed E-state index contributed by atoms with van der Waals surface area (Å²) in [5.41, 5.74) is 8.22. The highest BCUT2D eigenvalue weighted by Gasteiger charge is 2.28. The number of nitrogens with zero attached hydrogens (tertiary/aromatic N) is 6. The SMILES string of the molecule is CCc1cc(C)c2c(c(-c3ccnn3COCC[Si](C)(C)C)cn2S(=O)(=O)c2ccc(C)cc2)c1Cc1nc2cc(C#N)ccc2n1COCC[Si](C)(C)C. The van der Waals surface area contributed by atoms with Gasteiger partial charge >= 0.3 is 0 Å². The molecule has 6 aromatic rings. The molecule has 0 atom stereocenters. The van der Waals surface area contributed by atoms with E-state index in [9.17, 15) is 13.7 Å². The third kappa shape index (κ3) is 8.89. The van der Waals surface area contributed by atoms with Crippen LogP contribution in [0.15, 0.2) is 71.9 Å². The van der Waals surface area contributed by atoms with E-state index in [-0.39, 0.29) is 11.6 Å². The Morgan fingerprint density at radius 1 is 0.873 bits per heavy atom. The number of rotatable bonds is 16. The first-order chi connectivity index (χ1) is 26.0. The van der Waals surface area contributed by atoms with E-state index in [1.165, 1.54) is 3.97 Å². The molecule has 0 aliphatic rings. The van der Waals surface area contributed by atoms with Crippen molar-refractivity contribution >= 4 is 48.1 Å². The van der Waals surface area contributed by atoms with Gasteiger partial charge in [-0.1, -0.05) is 70.0 Å². The molecule has 13 heteroatoms. The lowest BCUT2D eigenvalue weighted by molar-refractivity contribution is 0.0798. The summed E-state index contributed by atoms with van der Waals surface area (Å²) in [6, 6.07) is 20.9. The maximum atomic E-state index is 14.6. The predicted octanol–water partition coefficient (Wildman–Crippen LogP) is 9.36. The van der Waals surface area contributed by atoms with Crippen molar-refractivity contribution in [2.75, 3.05) is 13.2 Å². The van der Waals surface area contributed by atoms with E-state index in [1.54, 1.807) is 24.5 Å². The fourth-order valence-electron chi connectivity index (χ4n) is 6.88. The monoisotopic (exact) mass is 794 g/mol. The number of nitriles is 1. The zero-order chi connectivity index (χ0) is 39.7. The topological polar surface area (TPSA) is 117 Å². The molecule has 0 radical (unpaired) electrons. The Hall–Kier alpha value is -4.33. The first-order valence-corrected chi connectivity index (χ1v) is 27.9. The molecule has 10 nitrogen and oxygen atoms in total. The van der Waals surface area contributed by atoms with Gasteiger partial charge in [-0.3, -0.25) is 0 Å². The van der Waals surface area contributed by atoms with Crippen LogP contribution in [0.4, 0.5) is 0 Å². The van der Waals surface area contributed by atoms with Gasteiger partial charge in [-0.2, -0.15) is 10.4 Å². The number of aromatic nitrogens is 5. The van der Waals surface area contributed by atoms with Crippen LogP contribution in [-0.2, 0) is 45.8 Å². The van der Waals surface area contributed by atoms with E-state index in [0.717, 1.165) is 74.3 Å². The Kier molecular flexibility index (Phi) is 11.8. The molecule has 3 aromatic heterocycles. The van der Waals surface area contributed by atoms with Crippen molar-refractivity contribution in [2.45, 2.75) is 103 Å². The van der Waals surface area contributed by atoms with Crippen LogP contribution in [0, 0.1) is 25.2 Å². The average Bonchev–Trinajstić information content (AvgIpc) is 3.84. The maximum Gasteiger partial charge on any atom is 0.268 e. The van der Waals surface area contributed by atoms with Crippen LogP contribution in [0.25, 0.3) is 33.2 Å². The zero-order valence-corrected chi connectivity index (χ0v) is 36.5. The molecule has 3 aromatic carbocycles. The molecule has 3 heterocycles. The molecule has 55 heavy (non-hydrogen) atoms. The highest BCUT2D eigenvalue weighted by Crippen LogP contribution is 2.40.